The van der Waals surface area contributed by atoms with Gasteiger partial charge in [0, 0.05) is 19.4 Å². The zero-order valence-corrected chi connectivity index (χ0v) is 10.6. The highest BCUT2D eigenvalue weighted by atomic mass is 32.1. The highest BCUT2D eigenvalue weighted by Crippen LogP contribution is 2.35. The minimum absolute atomic E-state index is 0.430. The maximum atomic E-state index is 5.72. The lowest BCUT2D eigenvalue weighted by Gasteiger charge is -2.07. The van der Waals surface area contributed by atoms with Crippen LogP contribution in [0.5, 0.6) is 5.75 Å². The normalized spacial score (nSPS) is 10.5. The molecule has 0 radical (unpaired) electrons. The fourth-order valence-corrected chi connectivity index (χ4v) is 2.07. The van der Waals surface area contributed by atoms with Gasteiger partial charge in [-0.2, -0.15) is 4.37 Å². The molecule has 0 aliphatic rings. The van der Waals surface area contributed by atoms with E-state index in [0.717, 1.165) is 10.8 Å². The van der Waals surface area contributed by atoms with E-state index in [1.54, 1.807) is 6.20 Å². The Kier molecular flexibility index (Phi) is 3.48. The second-order valence-corrected chi connectivity index (χ2v) is 4.24. The van der Waals surface area contributed by atoms with Crippen LogP contribution in [0.2, 0.25) is 0 Å². The number of hydrogen-bond acceptors (Lipinski definition) is 6. The Morgan fingerprint density at radius 2 is 2.41 bits per heavy atom. The van der Waals surface area contributed by atoms with Crippen molar-refractivity contribution >= 4 is 22.4 Å². The molecule has 0 spiro atoms. The number of hydrogen-bond donors (Lipinski definition) is 2. The first kappa shape index (κ1) is 11.7. The quantitative estimate of drug-likeness (QED) is 0.843. The van der Waals surface area contributed by atoms with Crippen LogP contribution in [-0.2, 0) is 13.6 Å². The van der Waals surface area contributed by atoms with Crippen LogP contribution >= 0.6 is 11.5 Å². The van der Waals surface area contributed by atoms with Crippen molar-refractivity contribution in [2.45, 2.75) is 13.5 Å². The molecule has 2 aromatic rings. The molecule has 0 bridgehead atoms. The molecule has 0 atom stereocenters. The van der Waals surface area contributed by atoms with Crippen LogP contribution in [-0.4, -0.2) is 20.5 Å². The summed E-state index contributed by atoms with van der Waals surface area (Å²) in [6.45, 7) is 3.10. The molecule has 0 unspecified atom stereocenters. The first-order valence-electron chi connectivity index (χ1n) is 5.30. The van der Waals surface area contributed by atoms with E-state index < -0.39 is 0 Å². The van der Waals surface area contributed by atoms with Gasteiger partial charge in [0.1, 0.15) is 5.82 Å². The van der Waals surface area contributed by atoms with Crippen LogP contribution < -0.4 is 15.8 Å². The predicted octanol–water partition coefficient (Wildman–Crippen LogP) is 1.47. The van der Waals surface area contributed by atoms with Gasteiger partial charge in [-0.25, -0.2) is 4.98 Å². The molecule has 7 heteroatoms. The Hall–Kier alpha value is -1.76. The molecule has 0 aliphatic heterocycles. The third-order valence-electron chi connectivity index (χ3n) is 2.29. The van der Waals surface area contributed by atoms with Crippen molar-refractivity contribution in [3.8, 4) is 5.75 Å². The van der Waals surface area contributed by atoms with Crippen molar-refractivity contribution in [2.75, 3.05) is 17.7 Å². The van der Waals surface area contributed by atoms with Gasteiger partial charge in [0.25, 0.3) is 0 Å². The van der Waals surface area contributed by atoms with Crippen molar-refractivity contribution in [1.29, 1.82) is 0 Å². The molecule has 2 aromatic heterocycles. The number of nitrogen functional groups attached to an aromatic ring is 1. The summed E-state index contributed by atoms with van der Waals surface area (Å²) in [5, 5.41) is 4.07. The number of aryl methyl sites for hydroxylation is 1. The largest absolute Gasteiger partial charge is 0.487 e. The predicted molar refractivity (Wildman–Crippen MR) is 68.2 cm³/mol. The topological polar surface area (TPSA) is 78.0 Å². The number of aromatic nitrogens is 3. The molecule has 92 valence electrons. The second-order valence-electron chi connectivity index (χ2n) is 3.47. The second kappa shape index (κ2) is 5.05. The van der Waals surface area contributed by atoms with E-state index in [0.29, 0.717) is 24.7 Å². The number of imidazole rings is 1. The van der Waals surface area contributed by atoms with Crippen molar-refractivity contribution < 1.29 is 4.74 Å². The summed E-state index contributed by atoms with van der Waals surface area (Å²) in [5.41, 5.74) is 5.72. The molecule has 0 saturated carbocycles. The third kappa shape index (κ3) is 2.50. The molecule has 0 saturated heterocycles. The summed E-state index contributed by atoms with van der Waals surface area (Å²) in [6, 6.07) is 0. The van der Waals surface area contributed by atoms with Crippen molar-refractivity contribution in [2.24, 2.45) is 7.05 Å². The van der Waals surface area contributed by atoms with E-state index in [1.807, 2.05) is 24.7 Å². The molecule has 0 aliphatic carbocycles. The van der Waals surface area contributed by atoms with Gasteiger partial charge < -0.3 is 20.4 Å². The molecule has 0 aromatic carbocycles. The number of anilines is 2. The average molecular weight is 253 g/mol. The first-order chi connectivity index (χ1) is 8.22. The van der Waals surface area contributed by atoms with Gasteiger partial charge in [-0.1, -0.05) is 0 Å². The number of nitrogens with one attached hydrogen (secondary N) is 1. The van der Waals surface area contributed by atoms with Crippen LogP contribution in [0.1, 0.15) is 12.7 Å². The minimum atomic E-state index is 0.430. The maximum Gasteiger partial charge on any atom is 0.197 e. The molecule has 0 amide bonds. The Morgan fingerprint density at radius 3 is 3.06 bits per heavy atom. The van der Waals surface area contributed by atoms with Crippen LogP contribution in [0.25, 0.3) is 0 Å². The highest BCUT2D eigenvalue weighted by molar-refractivity contribution is 7.11. The zero-order chi connectivity index (χ0) is 12.3. The first-order valence-corrected chi connectivity index (χ1v) is 6.07. The molecule has 2 heterocycles. The number of nitrogens with two attached hydrogens (primary N) is 1. The Morgan fingerprint density at radius 1 is 1.59 bits per heavy atom. The highest BCUT2D eigenvalue weighted by Gasteiger charge is 2.12. The minimum Gasteiger partial charge on any atom is -0.487 e. The van der Waals surface area contributed by atoms with Gasteiger partial charge in [-0.3, -0.25) is 0 Å². The van der Waals surface area contributed by atoms with Gasteiger partial charge in [0.2, 0.25) is 0 Å². The molecule has 17 heavy (non-hydrogen) atoms. The summed E-state index contributed by atoms with van der Waals surface area (Å²) in [5.74, 6) is 2.00. The van der Waals surface area contributed by atoms with Crippen LogP contribution in [0.15, 0.2) is 12.4 Å². The smallest absolute Gasteiger partial charge is 0.197 e. The summed E-state index contributed by atoms with van der Waals surface area (Å²) >= 11 is 1.30. The van der Waals surface area contributed by atoms with E-state index >= 15 is 0 Å². The number of ether oxygens (including phenoxy) is 1. The fraction of sp³-hybridized carbons (Fsp3) is 0.400. The molecule has 6 nitrogen and oxygen atoms in total. The lowest BCUT2D eigenvalue weighted by Crippen LogP contribution is -2.06. The van der Waals surface area contributed by atoms with E-state index in [2.05, 4.69) is 14.7 Å². The molecular formula is C10H15N5OS. The molecule has 0 fully saturated rings. The molecule has 2 rings (SSSR count). The van der Waals surface area contributed by atoms with Gasteiger partial charge in [-0.05, 0) is 18.5 Å². The lowest BCUT2D eigenvalue weighted by atomic mass is 10.5. The van der Waals surface area contributed by atoms with Crippen LogP contribution in [0.4, 0.5) is 10.8 Å². The zero-order valence-electron chi connectivity index (χ0n) is 9.80. The standard InChI is InChI=1S/C10H15N5OS/c1-3-16-8-9(11)14-17-10(8)13-6-7-12-4-5-15(7)2/h4-5,13H,3,6H2,1-2H3,(H2,11,14). The Labute approximate surface area is 104 Å². The van der Waals surface area contributed by atoms with E-state index in [4.69, 9.17) is 10.5 Å². The number of nitrogens with zero attached hydrogens (tertiary/aromatic N) is 3. The third-order valence-corrected chi connectivity index (χ3v) is 3.09. The fourth-order valence-electron chi connectivity index (χ4n) is 1.42. The van der Waals surface area contributed by atoms with E-state index in [9.17, 15) is 0 Å². The van der Waals surface area contributed by atoms with E-state index in [-0.39, 0.29) is 0 Å². The lowest BCUT2D eigenvalue weighted by molar-refractivity contribution is 0.344. The van der Waals surface area contributed by atoms with Crippen LogP contribution in [0, 0.1) is 0 Å². The molecular weight excluding hydrogens is 238 g/mol. The van der Waals surface area contributed by atoms with Gasteiger partial charge in [-0.15, -0.1) is 0 Å². The summed E-state index contributed by atoms with van der Waals surface area (Å²) < 4.78 is 11.5. The maximum absolute atomic E-state index is 5.72. The van der Waals surface area contributed by atoms with Crippen molar-refractivity contribution in [1.82, 2.24) is 13.9 Å². The number of rotatable bonds is 5. The summed E-state index contributed by atoms with van der Waals surface area (Å²) in [6.07, 6.45) is 3.67. The summed E-state index contributed by atoms with van der Waals surface area (Å²) in [4.78, 5) is 4.23. The monoisotopic (exact) mass is 253 g/mol. The van der Waals surface area contributed by atoms with Crippen molar-refractivity contribution in [3.05, 3.63) is 18.2 Å². The van der Waals surface area contributed by atoms with Gasteiger partial charge in [0.05, 0.1) is 13.2 Å². The van der Waals surface area contributed by atoms with Gasteiger partial charge in [0.15, 0.2) is 16.6 Å². The summed E-state index contributed by atoms with van der Waals surface area (Å²) in [7, 11) is 1.95. The Balaban J connectivity index is 2.06. The SMILES string of the molecule is CCOc1c(N)nsc1NCc1nccn1C. The van der Waals surface area contributed by atoms with Gasteiger partial charge >= 0.3 is 0 Å². The van der Waals surface area contributed by atoms with E-state index in [1.165, 1.54) is 11.5 Å². The van der Waals surface area contributed by atoms with Crippen LogP contribution in [0.3, 0.4) is 0 Å². The average Bonchev–Trinajstić information content (AvgIpc) is 2.86. The molecule has 3 N–H and O–H groups in total. The van der Waals surface area contributed by atoms with Crippen molar-refractivity contribution in [3.63, 3.8) is 0 Å². The Bertz CT molecular complexity index is 493.